The molecule has 0 aromatic heterocycles. The molecule has 9 heteroatoms. The highest BCUT2D eigenvalue weighted by atomic mass is 16.6. The molecule has 0 aliphatic heterocycles. The number of carbonyl (C=O) groups excluding carboxylic acids is 3. The van der Waals surface area contributed by atoms with Gasteiger partial charge in [-0.3, -0.25) is 14.4 Å². The van der Waals surface area contributed by atoms with Crippen LogP contribution in [0.4, 0.5) is 5.69 Å². The molecule has 0 saturated carbocycles. The largest absolute Gasteiger partial charge is 0.483 e. The molecule has 0 radical (unpaired) electrons. The van der Waals surface area contributed by atoms with Crippen molar-refractivity contribution in [3.63, 3.8) is 0 Å². The average Bonchev–Trinajstić information content (AvgIpc) is 2.65. The van der Waals surface area contributed by atoms with Crippen molar-refractivity contribution in [1.82, 2.24) is 4.90 Å². The lowest BCUT2D eigenvalue weighted by molar-refractivity contribution is -0.152. The zero-order chi connectivity index (χ0) is 23.5. The van der Waals surface area contributed by atoms with Gasteiger partial charge in [-0.15, -0.1) is 0 Å². The predicted molar refractivity (Wildman–Crippen MR) is 115 cm³/mol. The van der Waals surface area contributed by atoms with E-state index in [9.17, 15) is 14.4 Å². The first-order chi connectivity index (χ1) is 14.1. The van der Waals surface area contributed by atoms with E-state index in [1.165, 1.54) is 11.8 Å². The van der Waals surface area contributed by atoms with Crippen molar-refractivity contribution in [3.05, 3.63) is 29.8 Å². The molecule has 1 amide bonds. The highest BCUT2D eigenvalue weighted by Gasteiger charge is 2.16. The predicted octanol–water partition coefficient (Wildman–Crippen LogP) is 1.63. The highest BCUT2D eigenvalue weighted by molar-refractivity contribution is 5.75. The van der Waals surface area contributed by atoms with E-state index in [-0.39, 0.29) is 24.6 Å². The summed E-state index contributed by atoms with van der Waals surface area (Å²) in [5.74, 6) is -0.352. The number of anilines is 1. The topological polar surface area (TPSA) is 113 Å². The Bertz CT molecular complexity index is 620. The van der Waals surface area contributed by atoms with Crippen LogP contribution in [0.25, 0.3) is 0 Å². The van der Waals surface area contributed by atoms with E-state index in [4.69, 9.17) is 19.4 Å². The van der Waals surface area contributed by atoms with Gasteiger partial charge >= 0.3 is 5.97 Å². The maximum Gasteiger partial charge on any atom is 0.302 e. The molecule has 1 rings (SSSR count). The van der Waals surface area contributed by atoms with Crippen molar-refractivity contribution in [3.8, 4) is 0 Å². The van der Waals surface area contributed by atoms with Crippen LogP contribution >= 0.6 is 0 Å². The van der Waals surface area contributed by atoms with E-state index in [2.05, 4.69) is 0 Å². The fourth-order valence-electron chi connectivity index (χ4n) is 2.03. The maximum absolute atomic E-state index is 11.3. The third kappa shape index (κ3) is 16.2. The fourth-order valence-corrected chi connectivity index (χ4v) is 2.03. The molecule has 0 bridgehead atoms. The summed E-state index contributed by atoms with van der Waals surface area (Å²) in [6.07, 6.45) is 1.24. The average molecular weight is 427 g/mol. The van der Waals surface area contributed by atoms with Crippen molar-refractivity contribution < 1.29 is 33.8 Å². The summed E-state index contributed by atoms with van der Waals surface area (Å²) in [6.45, 7) is 5.34. The third-order valence-electron chi connectivity index (χ3n) is 3.41. The third-order valence-corrected chi connectivity index (χ3v) is 3.41. The van der Waals surface area contributed by atoms with Crippen molar-refractivity contribution in [1.29, 1.82) is 0 Å². The second-order valence-electron chi connectivity index (χ2n) is 6.68. The molecule has 9 nitrogen and oxygen atoms in total. The first-order valence-corrected chi connectivity index (χ1v) is 9.34. The molecule has 0 fully saturated rings. The van der Waals surface area contributed by atoms with E-state index in [1.807, 2.05) is 39.0 Å². The van der Waals surface area contributed by atoms with Gasteiger partial charge in [0, 0.05) is 25.6 Å². The Morgan fingerprint density at radius 1 is 1.13 bits per heavy atom. The Labute approximate surface area is 178 Å². The van der Waals surface area contributed by atoms with Gasteiger partial charge in [0.1, 0.15) is 12.4 Å². The number of nitrogens with zero attached hydrogens (tertiary/aromatic N) is 2. The van der Waals surface area contributed by atoms with Gasteiger partial charge in [-0.25, -0.2) is 0 Å². The van der Waals surface area contributed by atoms with Crippen molar-refractivity contribution >= 4 is 30.8 Å². The summed E-state index contributed by atoms with van der Waals surface area (Å²) in [5.41, 5.74) is 1.56. The summed E-state index contributed by atoms with van der Waals surface area (Å²) in [6, 6.07) is 7.23. The molecule has 0 aliphatic carbocycles. The summed E-state index contributed by atoms with van der Waals surface area (Å²) in [7, 11) is 6.00. The summed E-state index contributed by atoms with van der Waals surface area (Å²) < 4.78 is 10.6. The quantitative estimate of drug-likeness (QED) is 0.444. The van der Waals surface area contributed by atoms with Gasteiger partial charge in [0.2, 0.25) is 6.41 Å². The Hall–Kier alpha value is -2.78. The van der Waals surface area contributed by atoms with Crippen LogP contribution in [0.2, 0.25) is 0 Å². The van der Waals surface area contributed by atoms with Crippen LogP contribution in [0.1, 0.15) is 26.3 Å². The van der Waals surface area contributed by atoms with Gasteiger partial charge in [-0.1, -0.05) is 12.1 Å². The number of ether oxygens (including phenoxy) is 2. The molecule has 0 unspecified atom stereocenters. The van der Waals surface area contributed by atoms with E-state index >= 15 is 0 Å². The van der Waals surface area contributed by atoms with Gasteiger partial charge < -0.3 is 29.2 Å². The minimum atomic E-state index is -0.354. The van der Waals surface area contributed by atoms with Gasteiger partial charge in [-0.2, -0.15) is 0 Å². The molecular weight excluding hydrogens is 392 g/mol. The first kappa shape index (κ1) is 29.4. The van der Waals surface area contributed by atoms with Gasteiger partial charge in [0.15, 0.2) is 0 Å². The molecule has 0 saturated heterocycles. The minimum Gasteiger partial charge on any atom is -0.483 e. The van der Waals surface area contributed by atoms with Crippen LogP contribution in [0.15, 0.2) is 24.3 Å². The lowest BCUT2D eigenvalue weighted by Crippen LogP contribution is -2.32. The van der Waals surface area contributed by atoms with Gasteiger partial charge in [-0.05, 0) is 52.7 Å². The van der Waals surface area contributed by atoms with Crippen molar-refractivity contribution in [2.45, 2.75) is 39.4 Å². The molecule has 1 aromatic rings. The van der Waals surface area contributed by atoms with Crippen LogP contribution in [-0.2, 0) is 35.1 Å². The normalized spacial score (nSPS) is 11.6. The van der Waals surface area contributed by atoms with Crippen LogP contribution in [0, 0.1) is 0 Å². The lowest BCUT2D eigenvalue weighted by atomic mass is 10.1. The SMILES string of the molecule is CC(=O)O[C@@H](C)[C@H](C)OCCN(C=O)c1cccc(CC=O)c1.CN(C)C.O=CO. The zero-order valence-corrected chi connectivity index (χ0v) is 18.6. The molecule has 0 heterocycles. The number of hydrogen-bond donors (Lipinski definition) is 1. The number of amides is 1. The van der Waals surface area contributed by atoms with E-state index in [0.29, 0.717) is 25.3 Å². The van der Waals surface area contributed by atoms with Gasteiger partial charge in [0.25, 0.3) is 6.47 Å². The number of esters is 1. The van der Waals surface area contributed by atoms with Crippen LogP contribution < -0.4 is 4.90 Å². The summed E-state index contributed by atoms with van der Waals surface area (Å²) in [4.78, 5) is 44.6. The smallest absolute Gasteiger partial charge is 0.302 e. The number of benzene rings is 1. The number of carbonyl (C=O) groups is 4. The molecular formula is C21H34N2O7. The van der Waals surface area contributed by atoms with Crippen LogP contribution in [-0.4, -0.2) is 81.6 Å². The number of rotatable bonds is 10. The van der Waals surface area contributed by atoms with Crippen molar-refractivity contribution in [2.75, 3.05) is 39.2 Å². The summed E-state index contributed by atoms with van der Waals surface area (Å²) in [5, 5.41) is 6.89. The van der Waals surface area contributed by atoms with Crippen molar-refractivity contribution in [2.24, 2.45) is 0 Å². The van der Waals surface area contributed by atoms with Crippen LogP contribution in [0.5, 0.6) is 0 Å². The highest BCUT2D eigenvalue weighted by Crippen LogP contribution is 2.15. The standard InChI is InChI=1S/C17H23NO5.C3H9N.CH2O2/c1-13(14(2)23-15(3)21)22-10-8-18(12-20)17-6-4-5-16(11-17)7-9-19;1-4(2)3;2-1-3/h4-6,9,11-14H,7-8,10H2,1-3H3;1-3H3;1H,(H,2,3)/t13-,14-;;/m0../s1. The second-order valence-corrected chi connectivity index (χ2v) is 6.68. The summed E-state index contributed by atoms with van der Waals surface area (Å²) >= 11 is 0. The number of hydrogen-bond acceptors (Lipinski definition) is 7. The number of aldehydes is 1. The van der Waals surface area contributed by atoms with E-state index in [0.717, 1.165) is 18.3 Å². The molecule has 1 aromatic carbocycles. The van der Waals surface area contributed by atoms with E-state index in [1.54, 1.807) is 25.1 Å². The first-order valence-electron chi connectivity index (χ1n) is 9.34. The molecule has 0 spiro atoms. The maximum atomic E-state index is 11.3. The fraction of sp³-hybridized carbons (Fsp3) is 0.524. The second kappa shape index (κ2) is 18.3. The monoisotopic (exact) mass is 426 g/mol. The Kier molecular flexibility index (Phi) is 17.9. The molecule has 0 aliphatic rings. The van der Waals surface area contributed by atoms with Crippen LogP contribution in [0.3, 0.4) is 0 Å². The molecule has 2 atom stereocenters. The number of carboxylic acid groups (broad SMARTS) is 1. The molecule has 1 N–H and O–H groups in total. The Balaban J connectivity index is 0. The zero-order valence-electron chi connectivity index (χ0n) is 18.6. The Morgan fingerprint density at radius 2 is 1.70 bits per heavy atom. The van der Waals surface area contributed by atoms with Gasteiger partial charge in [0.05, 0.1) is 12.7 Å². The lowest BCUT2D eigenvalue weighted by Gasteiger charge is -2.23. The van der Waals surface area contributed by atoms with E-state index < -0.39 is 0 Å². The molecule has 30 heavy (non-hydrogen) atoms. The molecule has 170 valence electrons. The Morgan fingerprint density at radius 3 is 2.17 bits per heavy atom. The minimum absolute atomic E-state index is 0.250.